The molecule has 0 amide bonds. The highest BCUT2D eigenvalue weighted by Gasteiger charge is 2.39. The Labute approximate surface area is 102 Å². The molecule has 0 aliphatic carbocycles. The van der Waals surface area contributed by atoms with Crippen molar-refractivity contribution in [1.29, 1.82) is 0 Å². The Kier molecular flexibility index (Phi) is 2.60. The number of hydrogen-bond donors (Lipinski definition) is 1. The number of aromatic hydroxyl groups is 1. The molecule has 0 bridgehead atoms. The van der Waals surface area contributed by atoms with Gasteiger partial charge in [-0.25, -0.2) is 0 Å². The third kappa shape index (κ3) is 1.83. The van der Waals surface area contributed by atoms with Gasteiger partial charge in [-0.1, -0.05) is 6.07 Å². The molecule has 0 aromatic heterocycles. The zero-order valence-electron chi connectivity index (χ0n) is 10.3. The topological polar surface area (TPSA) is 32.7 Å². The number of fused-ring (bicyclic) bond motifs is 2. The van der Waals surface area contributed by atoms with Crippen LogP contribution in [0.5, 0.6) is 5.75 Å². The van der Waals surface area contributed by atoms with E-state index in [-0.39, 0.29) is 5.41 Å². The molecule has 1 aromatic carbocycles. The Morgan fingerprint density at radius 2 is 2.06 bits per heavy atom. The Balaban J connectivity index is 2.00. The fraction of sp³-hybridized carbons (Fsp3) is 0.571. The maximum Gasteiger partial charge on any atom is 0.115 e. The summed E-state index contributed by atoms with van der Waals surface area (Å²) < 4.78 is 5.76. The molecule has 3 nitrogen and oxygen atoms in total. The highest BCUT2D eigenvalue weighted by Crippen LogP contribution is 2.41. The highest BCUT2D eigenvalue weighted by molar-refractivity contribution is 5.41. The lowest BCUT2D eigenvalue weighted by atomic mass is 9.71. The monoisotopic (exact) mass is 233 g/mol. The molecule has 0 unspecified atom stereocenters. The summed E-state index contributed by atoms with van der Waals surface area (Å²) in [4.78, 5) is 2.36. The molecule has 17 heavy (non-hydrogen) atoms. The van der Waals surface area contributed by atoms with Crippen molar-refractivity contribution in [3.05, 3.63) is 29.3 Å². The molecule has 2 aliphatic rings. The van der Waals surface area contributed by atoms with E-state index in [4.69, 9.17) is 4.74 Å². The Morgan fingerprint density at radius 1 is 1.29 bits per heavy atom. The van der Waals surface area contributed by atoms with Crippen molar-refractivity contribution in [3.63, 3.8) is 0 Å². The van der Waals surface area contributed by atoms with Crippen LogP contribution in [-0.2, 0) is 16.8 Å². The molecule has 1 aromatic rings. The van der Waals surface area contributed by atoms with Gasteiger partial charge in [-0.15, -0.1) is 0 Å². The molecular formula is C14H19NO2. The van der Waals surface area contributed by atoms with Gasteiger partial charge in [0.2, 0.25) is 0 Å². The fourth-order valence-corrected chi connectivity index (χ4v) is 3.08. The van der Waals surface area contributed by atoms with Gasteiger partial charge in [0.1, 0.15) is 5.75 Å². The summed E-state index contributed by atoms with van der Waals surface area (Å²) >= 11 is 0. The predicted octanol–water partition coefficient (Wildman–Crippen LogP) is 1.89. The van der Waals surface area contributed by atoms with E-state index in [0.717, 1.165) is 32.5 Å². The molecule has 0 atom stereocenters. The molecule has 1 spiro atoms. The lowest BCUT2D eigenvalue weighted by molar-refractivity contribution is 0.0226. The molecule has 92 valence electrons. The van der Waals surface area contributed by atoms with Gasteiger partial charge in [0, 0.05) is 5.41 Å². The standard InChI is InChI=1S/C14H19NO2/c1-15-6-4-14(5-7-15)10-17-9-11-2-3-12(16)8-13(11)14/h2-3,8,16H,4-7,9-10H2,1H3. The Bertz CT molecular complexity index is 422. The van der Waals surface area contributed by atoms with E-state index < -0.39 is 0 Å². The van der Waals surface area contributed by atoms with Crippen LogP contribution in [0.4, 0.5) is 0 Å². The van der Waals surface area contributed by atoms with E-state index >= 15 is 0 Å². The molecule has 0 radical (unpaired) electrons. The second kappa shape index (κ2) is 4.00. The Hall–Kier alpha value is -1.06. The average Bonchev–Trinajstić information content (AvgIpc) is 2.34. The smallest absolute Gasteiger partial charge is 0.115 e. The number of piperidine rings is 1. The minimum atomic E-state index is 0.138. The van der Waals surface area contributed by atoms with Gasteiger partial charge in [-0.3, -0.25) is 0 Å². The third-order valence-electron chi connectivity index (χ3n) is 4.24. The van der Waals surface area contributed by atoms with Crippen LogP contribution in [0.2, 0.25) is 0 Å². The molecule has 2 heterocycles. The first kappa shape index (κ1) is 11.1. The van der Waals surface area contributed by atoms with Crippen LogP contribution in [0.1, 0.15) is 24.0 Å². The van der Waals surface area contributed by atoms with E-state index in [1.165, 1.54) is 11.1 Å². The van der Waals surface area contributed by atoms with Gasteiger partial charge in [0.25, 0.3) is 0 Å². The van der Waals surface area contributed by atoms with E-state index in [9.17, 15) is 5.11 Å². The number of ether oxygens (including phenoxy) is 1. The zero-order valence-corrected chi connectivity index (χ0v) is 10.3. The van der Waals surface area contributed by atoms with Crippen LogP contribution in [0.25, 0.3) is 0 Å². The van der Waals surface area contributed by atoms with Crippen LogP contribution < -0.4 is 0 Å². The number of phenols is 1. The highest BCUT2D eigenvalue weighted by atomic mass is 16.5. The van der Waals surface area contributed by atoms with Crippen molar-refractivity contribution < 1.29 is 9.84 Å². The molecule has 0 saturated carbocycles. The number of phenolic OH excluding ortho intramolecular Hbond substituents is 1. The van der Waals surface area contributed by atoms with E-state index in [1.54, 1.807) is 6.07 Å². The van der Waals surface area contributed by atoms with Crippen molar-refractivity contribution in [2.45, 2.75) is 24.9 Å². The predicted molar refractivity (Wildman–Crippen MR) is 66.2 cm³/mol. The molecule has 2 aliphatic heterocycles. The van der Waals surface area contributed by atoms with Crippen LogP contribution in [0.3, 0.4) is 0 Å². The van der Waals surface area contributed by atoms with E-state index in [0.29, 0.717) is 12.4 Å². The van der Waals surface area contributed by atoms with Crippen molar-refractivity contribution in [1.82, 2.24) is 4.90 Å². The molecule has 1 fully saturated rings. The second-order valence-corrected chi connectivity index (χ2v) is 5.42. The van der Waals surface area contributed by atoms with Gasteiger partial charge in [0.05, 0.1) is 13.2 Å². The van der Waals surface area contributed by atoms with Crippen LogP contribution >= 0.6 is 0 Å². The molecule has 1 N–H and O–H groups in total. The zero-order chi connectivity index (χ0) is 11.9. The quantitative estimate of drug-likeness (QED) is 0.742. The summed E-state index contributed by atoms with van der Waals surface area (Å²) in [5.74, 6) is 0.379. The summed E-state index contributed by atoms with van der Waals surface area (Å²) in [6.45, 7) is 3.71. The number of likely N-dealkylation sites (tertiary alicyclic amines) is 1. The van der Waals surface area contributed by atoms with Gasteiger partial charge < -0.3 is 14.7 Å². The molecule has 1 saturated heterocycles. The lowest BCUT2D eigenvalue weighted by Gasteiger charge is -2.44. The second-order valence-electron chi connectivity index (χ2n) is 5.42. The maximum absolute atomic E-state index is 9.70. The van der Waals surface area contributed by atoms with Crippen molar-refractivity contribution >= 4 is 0 Å². The molecule has 3 rings (SSSR count). The molecular weight excluding hydrogens is 214 g/mol. The lowest BCUT2D eigenvalue weighted by Crippen LogP contribution is -2.46. The molecule has 3 heteroatoms. The summed E-state index contributed by atoms with van der Waals surface area (Å²) in [5, 5.41) is 9.70. The van der Waals surface area contributed by atoms with Crippen LogP contribution in [-0.4, -0.2) is 36.8 Å². The first-order chi connectivity index (χ1) is 8.20. The van der Waals surface area contributed by atoms with E-state index in [1.807, 2.05) is 12.1 Å². The summed E-state index contributed by atoms with van der Waals surface area (Å²) in [5.41, 5.74) is 2.70. The third-order valence-corrected chi connectivity index (χ3v) is 4.24. The maximum atomic E-state index is 9.70. The first-order valence-electron chi connectivity index (χ1n) is 6.28. The van der Waals surface area contributed by atoms with Crippen molar-refractivity contribution in [2.24, 2.45) is 0 Å². The van der Waals surface area contributed by atoms with Crippen molar-refractivity contribution in [2.75, 3.05) is 26.7 Å². The minimum absolute atomic E-state index is 0.138. The van der Waals surface area contributed by atoms with Crippen LogP contribution in [0, 0.1) is 0 Å². The van der Waals surface area contributed by atoms with Gasteiger partial charge >= 0.3 is 0 Å². The summed E-state index contributed by atoms with van der Waals surface area (Å²) in [6, 6.07) is 5.71. The van der Waals surface area contributed by atoms with Crippen LogP contribution in [0.15, 0.2) is 18.2 Å². The minimum Gasteiger partial charge on any atom is -0.508 e. The normalized spacial score (nSPS) is 23.6. The number of benzene rings is 1. The summed E-state index contributed by atoms with van der Waals surface area (Å²) in [6.07, 6.45) is 2.25. The van der Waals surface area contributed by atoms with Gasteiger partial charge in [-0.05, 0) is 56.2 Å². The Morgan fingerprint density at radius 3 is 2.82 bits per heavy atom. The average molecular weight is 233 g/mol. The fourth-order valence-electron chi connectivity index (χ4n) is 3.08. The number of rotatable bonds is 0. The SMILES string of the molecule is CN1CCC2(CC1)COCc1ccc(O)cc12. The first-order valence-corrected chi connectivity index (χ1v) is 6.28. The number of hydrogen-bond acceptors (Lipinski definition) is 3. The van der Waals surface area contributed by atoms with Crippen molar-refractivity contribution in [3.8, 4) is 5.75 Å². The van der Waals surface area contributed by atoms with Gasteiger partial charge in [-0.2, -0.15) is 0 Å². The van der Waals surface area contributed by atoms with E-state index in [2.05, 4.69) is 11.9 Å². The van der Waals surface area contributed by atoms with Gasteiger partial charge in [0.15, 0.2) is 0 Å². The number of nitrogens with zero attached hydrogens (tertiary/aromatic N) is 1. The largest absolute Gasteiger partial charge is 0.508 e. The summed E-state index contributed by atoms with van der Waals surface area (Å²) in [7, 11) is 2.17.